The third-order valence-corrected chi connectivity index (χ3v) is 3.92. The Bertz CT molecular complexity index is 386. The van der Waals surface area contributed by atoms with Crippen molar-refractivity contribution in [2.75, 3.05) is 26.7 Å². The second kappa shape index (κ2) is 7.51. The van der Waals surface area contributed by atoms with Gasteiger partial charge in [-0.25, -0.2) is 0 Å². The van der Waals surface area contributed by atoms with E-state index >= 15 is 0 Å². The van der Waals surface area contributed by atoms with Crippen LogP contribution in [0, 0.1) is 0 Å². The molecule has 0 saturated carbocycles. The zero-order chi connectivity index (χ0) is 13.5. The van der Waals surface area contributed by atoms with Gasteiger partial charge in [0.2, 0.25) is 0 Å². The van der Waals surface area contributed by atoms with Crippen molar-refractivity contribution in [1.29, 1.82) is 0 Å². The second-order valence-corrected chi connectivity index (χ2v) is 5.23. The largest absolute Gasteiger partial charge is 0.496 e. The number of methoxy groups -OCH3 is 1. The van der Waals surface area contributed by atoms with Crippen LogP contribution in [0.2, 0.25) is 0 Å². The van der Waals surface area contributed by atoms with E-state index in [9.17, 15) is 0 Å². The maximum absolute atomic E-state index is 5.45. The number of ether oxygens (including phenoxy) is 1. The van der Waals surface area contributed by atoms with Gasteiger partial charge in [0.25, 0.3) is 0 Å². The van der Waals surface area contributed by atoms with Crippen molar-refractivity contribution in [1.82, 2.24) is 10.6 Å². The molecule has 3 heteroatoms. The Labute approximate surface area is 116 Å². The van der Waals surface area contributed by atoms with Crippen LogP contribution in [0.1, 0.15) is 30.9 Å². The van der Waals surface area contributed by atoms with Gasteiger partial charge >= 0.3 is 0 Å². The van der Waals surface area contributed by atoms with Gasteiger partial charge in [-0.15, -0.1) is 0 Å². The molecule has 0 atom stereocenters. The molecule has 1 fully saturated rings. The molecule has 0 amide bonds. The standard InChI is InChI=1S/C16H26N2O/c1-3-13-4-5-16(19-2)14(12-13)6-11-18-15-7-9-17-10-8-15/h4-5,12,15,17-18H,3,6-11H2,1-2H3. The quantitative estimate of drug-likeness (QED) is 0.824. The van der Waals surface area contributed by atoms with E-state index in [-0.39, 0.29) is 0 Å². The normalized spacial score (nSPS) is 16.5. The highest BCUT2D eigenvalue weighted by atomic mass is 16.5. The Balaban J connectivity index is 1.86. The van der Waals surface area contributed by atoms with Crippen molar-refractivity contribution < 1.29 is 4.74 Å². The predicted molar refractivity (Wildman–Crippen MR) is 80.0 cm³/mol. The van der Waals surface area contributed by atoms with Crippen molar-refractivity contribution in [2.45, 2.75) is 38.6 Å². The summed E-state index contributed by atoms with van der Waals surface area (Å²) < 4.78 is 5.45. The summed E-state index contributed by atoms with van der Waals surface area (Å²) in [5.41, 5.74) is 2.71. The maximum atomic E-state index is 5.45. The van der Waals surface area contributed by atoms with Crippen molar-refractivity contribution in [3.63, 3.8) is 0 Å². The molecule has 0 radical (unpaired) electrons. The molecule has 106 valence electrons. The smallest absolute Gasteiger partial charge is 0.122 e. The van der Waals surface area contributed by atoms with E-state index in [1.165, 1.54) is 24.0 Å². The fourth-order valence-corrected chi connectivity index (χ4v) is 2.68. The molecule has 0 aromatic heterocycles. The van der Waals surface area contributed by atoms with Gasteiger partial charge in [0, 0.05) is 6.04 Å². The molecule has 1 saturated heterocycles. The lowest BCUT2D eigenvalue weighted by molar-refractivity contribution is 0.385. The Morgan fingerprint density at radius 1 is 1.32 bits per heavy atom. The Kier molecular flexibility index (Phi) is 5.67. The van der Waals surface area contributed by atoms with Crippen molar-refractivity contribution >= 4 is 0 Å². The third-order valence-electron chi connectivity index (χ3n) is 3.92. The SMILES string of the molecule is CCc1ccc(OC)c(CCNC2CCNCC2)c1. The summed E-state index contributed by atoms with van der Waals surface area (Å²) in [5, 5.41) is 7.06. The Morgan fingerprint density at radius 2 is 2.11 bits per heavy atom. The summed E-state index contributed by atoms with van der Waals surface area (Å²) in [6.45, 7) is 5.52. The lowest BCUT2D eigenvalue weighted by Gasteiger charge is -2.24. The van der Waals surface area contributed by atoms with Gasteiger partial charge in [-0.3, -0.25) is 0 Å². The van der Waals surface area contributed by atoms with Gasteiger partial charge in [-0.05, 0) is 62.5 Å². The van der Waals surface area contributed by atoms with Gasteiger partial charge in [0.1, 0.15) is 5.75 Å². The van der Waals surface area contributed by atoms with Crippen molar-refractivity contribution in [3.8, 4) is 5.75 Å². The molecule has 0 aliphatic carbocycles. The molecule has 1 aliphatic rings. The van der Waals surface area contributed by atoms with Crippen LogP contribution in [0.15, 0.2) is 18.2 Å². The third kappa shape index (κ3) is 4.22. The van der Waals surface area contributed by atoms with Gasteiger partial charge in [0.05, 0.1) is 7.11 Å². The number of rotatable bonds is 6. The molecule has 0 unspecified atom stereocenters. The highest BCUT2D eigenvalue weighted by Crippen LogP contribution is 2.20. The van der Waals surface area contributed by atoms with Crippen LogP contribution in [0.4, 0.5) is 0 Å². The summed E-state index contributed by atoms with van der Waals surface area (Å²) in [5.74, 6) is 1.02. The molecule has 2 rings (SSSR count). The van der Waals surface area contributed by atoms with Crippen LogP contribution in [-0.4, -0.2) is 32.8 Å². The molecule has 2 N–H and O–H groups in total. The van der Waals surface area contributed by atoms with Gasteiger partial charge in [-0.1, -0.05) is 19.1 Å². The van der Waals surface area contributed by atoms with Crippen LogP contribution in [0.5, 0.6) is 5.75 Å². The maximum Gasteiger partial charge on any atom is 0.122 e. The first-order valence-electron chi connectivity index (χ1n) is 7.43. The highest BCUT2D eigenvalue weighted by Gasteiger charge is 2.12. The molecule has 1 aromatic carbocycles. The first kappa shape index (κ1) is 14.4. The highest BCUT2D eigenvalue weighted by molar-refractivity contribution is 5.37. The van der Waals surface area contributed by atoms with E-state index in [1.54, 1.807) is 7.11 Å². The lowest BCUT2D eigenvalue weighted by Crippen LogP contribution is -2.40. The van der Waals surface area contributed by atoms with Gasteiger partial charge in [-0.2, -0.15) is 0 Å². The summed E-state index contributed by atoms with van der Waals surface area (Å²) in [6, 6.07) is 7.21. The van der Waals surface area contributed by atoms with E-state index in [0.717, 1.165) is 38.2 Å². The average Bonchev–Trinajstić information content (AvgIpc) is 2.48. The molecule has 1 aromatic rings. The molecular formula is C16H26N2O. The van der Waals surface area contributed by atoms with E-state index in [1.807, 2.05) is 0 Å². The number of hydrogen-bond donors (Lipinski definition) is 2. The van der Waals surface area contributed by atoms with Crippen LogP contribution in [0.25, 0.3) is 0 Å². The minimum absolute atomic E-state index is 0.682. The fraction of sp³-hybridized carbons (Fsp3) is 0.625. The number of benzene rings is 1. The van der Waals surface area contributed by atoms with E-state index < -0.39 is 0 Å². The van der Waals surface area contributed by atoms with E-state index in [4.69, 9.17) is 4.74 Å². The molecule has 1 aliphatic heterocycles. The fourth-order valence-electron chi connectivity index (χ4n) is 2.68. The van der Waals surface area contributed by atoms with Crippen molar-refractivity contribution in [2.24, 2.45) is 0 Å². The molecule has 19 heavy (non-hydrogen) atoms. The molecule has 3 nitrogen and oxygen atoms in total. The molecule has 1 heterocycles. The van der Waals surface area contributed by atoms with Gasteiger partial charge < -0.3 is 15.4 Å². The van der Waals surface area contributed by atoms with Crippen LogP contribution < -0.4 is 15.4 Å². The minimum atomic E-state index is 0.682. The zero-order valence-corrected chi connectivity index (χ0v) is 12.2. The Morgan fingerprint density at radius 3 is 2.79 bits per heavy atom. The number of piperidine rings is 1. The zero-order valence-electron chi connectivity index (χ0n) is 12.2. The Hall–Kier alpha value is -1.06. The van der Waals surface area contributed by atoms with E-state index in [0.29, 0.717) is 6.04 Å². The summed E-state index contributed by atoms with van der Waals surface area (Å²) >= 11 is 0. The number of hydrogen-bond acceptors (Lipinski definition) is 3. The second-order valence-electron chi connectivity index (χ2n) is 5.23. The molecule has 0 spiro atoms. The lowest BCUT2D eigenvalue weighted by atomic mass is 10.0. The summed E-state index contributed by atoms with van der Waals surface area (Å²) in [6.07, 6.45) is 4.61. The molecular weight excluding hydrogens is 236 g/mol. The van der Waals surface area contributed by atoms with E-state index in [2.05, 4.69) is 35.8 Å². The van der Waals surface area contributed by atoms with Crippen LogP contribution in [-0.2, 0) is 12.8 Å². The minimum Gasteiger partial charge on any atom is -0.496 e. The summed E-state index contributed by atoms with van der Waals surface area (Å²) in [7, 11) is 1.75. The monoisotopic (exact) mass is 262 g/mol. The number of nitrogens with one attached hydrogen (secondary N) is 2. The predicted octanol–water partition coefficient (Wildman–Crippen LogP) is 2.14. The summed E-state index contributed by atoms with van der Waals surface area (Å²) in [4.78, 5) is 0. The first-order valence-corrected chi connectivity index (χ1v) is 7.43. The average molecular weight is 262 g/mol. The molecule has 0 bridgehead atoms. The van der Waals surface area contributed by atoms with Crippen molar-refractivity contribution in [3.05, 3.63) is 29.3 Å². The van der Waals surface area contributed by atoms with Crippen LogP contribution >= 0.6 is 0 Å². The first-order chi connectivity index (χ1) is 9.33. The van der Waals surface area contributed by atoms with Gasteiger partial charge in [0.15, 0.2) is 0 Å². The number of aryl methyl sites for hydroxylation is 1. The topological polar surface area (TPSA) is 33.3 Å². The van der Waals surface area contributed by atoms with Crippen LogP contribution in [0.3, 0.4) is 0 Å².